The van der Waals surface area contributed by atoms with E-state index in [1.807, 2.05) is 0 Å². The molecule has 73 heavy (non-hydrogen) atoms. The fourth-order valence-electron chi connectivity index (χ4n) is 12.5. The zero-order valence-electron chi connectivity index (χ0n) is 41.5. The lowest BCUT2D eigenvalue weighted by molar-refractivity contribution is 0.660. The van der Waals surface area contributed by atoms with E-state index in [-0.39, 0.29) is 10.8 Å². The first kappa shape index (κ1) is 42.9. The van der Waals surface area contributed by atoms with Gasteiger partial charge in [-0.1, -0.05) is 185 Å². The number of rotatable bonds is 8. The van der Waals surface area contributed by atoms with Gasteiger partial charge in [-0.05, 0) is 152 Å². The molecule has 3 nitrogen and oxygen atoms in total. The molecule has 0 radical (unpaired) electrons. The summed E-state index contributed by atoms with van der Waals surface area (Å²) in [6.07, 6.45) is 0. The summed E-state index contributed by atoms with van der Waals surface area (Å²) in [6, 6.07) is 92.4. The van der Waals surface area contributed by atoms with E-state index in [2.05, 4.69) is 291 Å². The Bertz CT molecular complexity index is 3990. The lowest BCUT2D eigenvalue weighted by Crippen LogP contribution is -2.17. The lowest BCUT2D eigenvalue weighted by atomic mass is 9.82. The van der Waals surface area contributed by atoms with Crippen LogP contribution < -0.4 is 9.80 Å². The van der Waals surface area contributed by atoms with Crippen LogP contribution in [0.2, 0.25) is 0 Å². The SMILES string of the molecule is CC1(C)c2ccccc2-c2ccc(N(c3ccccc3)c3cc(-c4ccc5c(c4)c4ccccc4n5-c4cccc5ccccc45)cc(N(c4ccccc4)c4ccc5c(c4)C(C)(C)c4ccccc4-5)c3)cc21. The van der Waals surface area contributed by atoms with Gasteiger partial charge in [0.2, 0.25) is 0 Å². The summed E-state index contributed by atoms with van der Waals surface area (Å²) in [5.74, 6) is 0. The number of para-hydroxylation sites is 3. The Morgan fingerprint density at radius 3 is 1.37 bits per heavy atom. The zero-order valence-corrected chi connectivity index (χ0v) is 41.5. The van der Waals surface area contributed by atoms with E-state index in [4.69, 9.17) is 0 Å². The third-order valence-corrected chi connectivity index (χ3v) is 16.1. The first-order valence-corrected chi connectivity index (χ1v) is 25.6. The van der Waals surface area contributed by atoms with Crippen LogP contribution in [0.1, 0.15) is 49.9 Å². The number of aromatic nitrogens is 1. The van der Waals surface area contributed by atoms with Gasteiger partial charge in [-0.15, -0.1) is 0 Å². The van der Waals surface area contributed by atoms with E-state index < -0.39 is 0 Å². The van der Waals surface area contributed by atoms with Gasteiger partial charge in [0.15, 0.2) is 0 Å². The topological polar surface area (TPSA) is 11.4 Å². The van der Waals surface area contributed by atoms with Crippen molar-refractivity contribution in [2.75, 3.05) is 9.80 Å². The average molecular weight is 936 g/mol. The number of fused-ring (bicyclic) bond motifs is 10. The molecule has 0 saturated heterocycles. The highest BCUT2D eigenvalue weighted by Gasteiger charge is 2.37. The highest BCUT2D eigenvalue weighted by Crippen LogP contribution is 2.53. The number of hydrogen-bond acceptors (Lipinski definition) is 2. The first-order valence-electron chi connectivity index (χ1n) is 25.6. The largest absolute Gasteiger partial charge is 0.310 e. The Morgan fingerprint density at radius 2 is 0.767 bits per heavy atom. The predicted octanol–water partition coefficient (Wildman–Crippen LogP) is 19.2. The van der Waals surface area contributed by atoms with Crippen molar-refractivity contribution in [3.63, 3.8) is 0 Å². The Labute approximate surface area is 427 Å². The molecule has 0 unspecified atom stereocenters. The summed E-state index contributed by atoms with van der Waals surface area (Å²) < 4.78 is 2.45. The summed E-state index contributed by atoms with van der Waals surface area (Å²) in [5.41, 5.74) is 22.7. The molecule has 1 heterocycles. The van der Waals surface area contributed by atoms with Crippen LogP contribution in [0.4, 0.5) is 34.1 Å². The molecule has 0 spiro atoms. The Hall–Kier alpha value is -8.92. The van der Waals surface area contributed by atoms with Crippen LogP contribution in [0.3, 0.4) is 0 Å². The molecule has 0 saturated carbocycles. The van der Waals surface area contributed by atoms with Gasteiger partial charge in [0.05, 0.1) is 16.7 Å². The monoisotopic (exact) mass is 935 g/mol. The van der Waals surface area contributed by atoms with E-state index in [9.17, 15) is 0 Å². The van der Waals surface area contributed by atoms with Gasteiger partial charge < -0.3 is 14.4 Å². The molecule has 0 fully saturated rings. The van der Waals surface area contributed by atoms with E-state index >= 15 is 0 Å². The lowest BCUT2D eigenvalue weighted by Gasteiger charge is -2.32. The van der Waals surface area contributed by atoms with Gasteiger partial charge in [-0.2, -0.15) is 0 Å². The molecule has 2 aliphatic carbocycles. The van der Waals surface area contributed by atoms with Crippen molar-refractivity contribution in [1.29, 1.82) is 0 Å². The normalized spacial score (nSPS) is 13.7. The van der Waals surface area contributed by atoms with Crippen molar-refractivity contribution in [3.05, 3.63) is 271 Å². The molecule has 1 aromatic heterocycles. The van der Waals surface area contributed by atoms with Crippen molar-refractivity contribution < 1.29 is 0 Å². The van der Waals surface area contributed by atoms with Gasteiger partial charge in [0.25, 0.3) is 0 Å². The fourth-order valence-corrected chi connectivity index (χ4v) is 12.5. The number of anilines is 6. The minimum Gasteiger partial charge on any atom is -0.310 e. The molecule has 0 atom stereocenters. The molecule has 0 bridgehead atoms. The maximum atomic E-state index is 2.46. The van der Waals surface area contributed by atoms with Crippen LogP contribution in [0.5, 0.6) is 0 Å². The van der Waals surface area contributed by atoms with E-state index in [0.29, 0.717) is 0 Å². The summed E-state index contributed by atoms with van der Waals surface area (Å²) in [5, 5.41) is 4.90. The molecule has 2 aliphatic rings. The van der Waals surface area contributed by atoms with Gasteiger partial charge in [-0.25, -0.2) is 0 Å². The number of benzene rings is 11. The van der Waals surface area contributed by atoms with Crippen molar-refractivity contribution >= 4 is 66.7 Å². The highest BCUT2D eigenvalue weighted by atomic mass is 15.2. The van der Waals surface area contributed by atoms with Gasteiger partial charge in [0.1, 0.15) is 0 Å². The molecular formula is C70H53N3. The molecule has 12 aromatic rings. The molecule has 348 valence electrons. The Balaban J connectivity index is 1.02. The van der Waals surface area contributed by atoms with Crippen LogP contribution in [0, 0.1) is 0 Å². The first-order chi connectivity index (χ1) is 35.7. The predicted molar refractivity (Wildman–Crippen MR) is 308 cm³/mol. The molecule has 3 heteroatoms. The molecule has 14 rings (SSSR count). The van der Waals surface area contributed by atoms with Crippen LogP contribution in [-0.4, -0.2) is 4.57 Å². The second kappa shape index (κ2) is 16.3. The fraction of sp³-hybridized carbons (Fsp3) is 0.0857. The van der Waals surface area contributed by atoms with Crippen molar-refractivity contribution in [3.8, 4) is 39.1 Å². The minimum absolute atomic E-state index is 0.164. The Kier molecular flexibility index (Phi) is 9.59. The third kappa shape index (κ3) is 6.65. The van der Waals surface area contributed by atoms with Crippen molar-refractivity contribution in [1.82, 2.24) is 4.57 Å². The number of nitrogens with zero attached hydrogens (tertiary/aromatic N) is 3. The number of hydrogen-bond donors (Lipinski definition) is 0. The standard InChI is InChI=1S/C70H53N3/c1-69(2)62-30-16-13-27-56(62)58-37-35-51(44-64(58)69)71(49-22-7-5-8-23-49)53-40-48(47-34-39-68-61(42-47)60-29-15-18-32-67(60)73(68)66-33-19-21-46-20-11-12-26-55(46)66)41-54(43-53)72(50-24-9-6-10-25-50)52-36-38-59-57-28-14-17-31-63(57)70(3,4)65(59)45-52/h5-45H,1-4H3. The quantitative estimate of drug-likeness (QED) is 0.150. The second-order valence-electron chi connectivity index (χ2n) is 21.0. The molecular weight excluding hydrogens is 883 g/mol. The maximum absolute atomic E-state index is 2.46. The van der Waals surface area contributed by atoms with Crippen molar-refractivity contribution in [2.24, 2.45) is 0 Å². The minimum atomic E-state index is -0.164. The molecule has 11 aromatic carbocycles. The van der Waals surface area contributed by atoms with Gasteiger partial charge >= 0.3 is 0 Å². The molecule has 0 aliphatic heterocycles. The van der Waals surface area contributed by atoms with E-state index in [1.165, 1.54) is 82.8 Å². The van der Waals surface area contributed by atoms with Gasteiger partial charge in [-0.3, -0.25) is 0 Å². The van der Waals surface area contributed by atoms with Crippen LogP contribution in [0.15, 0.2) is 249 Å². The molecule has 0 amide bonds. The van der Waals surface area contributed by atoms with E-state index in [0.717, 1.165) is 45.3 Å². The third-order valence-electron chi connectivity index (χ3n) is 16.1. The maximum Gasteiger partial charge on any atom is 0.0541 e. The Morgan fingerprint density at radius 1 is 0.288 bits per heavy atom. The van der Waals surface area contributed by atoms with E-state index in [1.54, 1.807) is 0 Å². The smallest absolute Gasteiger partial charge is 0.0541 e. The summed E-state index contributed by atoms with van der Waals surface area (Å²) >= 11 is 0. The summed E-state index contributed by atoms with van der Waals surface area (Å²) in [4.78, 5) is 4.92. The average Bonchev–Trinajstić information content (AvgIpc) is 3.98. The van der Waals surface area contributed by atoms with Crippen LogP contribution >= 0.6 is 0 Å². The van der Waals surface area contributed by atoms with Crippen molar-refractivity contribution in [2.45, 2.75) is 38.5 Å². The van der Waals surface area contributed by atoms with Crippen LogP contribution in [0.25, 0.3) is 71.6 Å². The zero-order chi connectivity index (χ0) is 49.0. The highest BCUT2D eigenvalue weighted by molar-refractivity contribution is 6.12. The van der Waals surface area contributed by atoms with Gasteiger partial charge in [0, 0.05) is 61.1 Å². The van der Waals surface area contributed by atoms with Crippen LogP contribution in [-0.2, 0) is 10.8 Å². The summed E-state index contributed by atoms with van der Waals surface area (Å²) in [7, 11) is 0. The second-order valence-corrected chi connectivity index (χ2v) is 21.0. The summed E-state index contributed by atoms with van der Waals surface area (Å²) in [6.45, 7) is 9.48. The molecule has 0 N–H and O–H groups in total.